The molecule has 2 aliphatic rings. The van der Waals surface area contributed by atoms with Crippen molar-refractivity contribution in [3.63, 3.8) is 0 Å². The Kier molecular flexibility index (Phi) is 4.59. The summed E-state index contributed by atoms with van der Waals surface area (Å²) in [4.78, 5) is 25.4. The van der Waals surface area contributed by atoms with Gasteiger partial charge in [-0.15, -0.1) is 11.8 Å². The predicted octanol–water partition coefficient (Wildman–Crippen LogP) is 3.62. The molecule has 5 nitrogen and oxygen atoms in total. The molecule has 1 atom stereocenters. The molecular weight excluding hydrogens is 348 g/mol. The van der Waals surface area contributed by atoms with Crippen LogP contribution in [0.1, 0.15) is 34.8 Å². The molecule has 134 valence electrons. The van der Waals surface area contributed by atoms with Gasteiger partial charge in [0.25, 0.3) is 5.91 Å². The third kappa shape index (κ3) is 3.55. The molecule has 26 heavy (non-hydrogen) atoms. The van der Waals surface area contributed by atoms with E-state index >= 15 is 0 Å². The number of methoxy groups -OCH3 is 1. The highest BCUT2D eigenvalue weighted by Crippen LogP contribution is 2.41. The van der Waals surface area contributed by atoms with Crippen LogP contribution in [-0.4, -0.2) is 24.7 Å². The average molecular weight is 368 g/mol. The van der Waals surface area contributed by atoms with Crippen molar-refractivity contribution in [1.82, 2.24) is 5.32 Å². The van der Waals surface area contributed by atoms with E-state index < -0.39 is 0 Å². The number of thioether (sulfide) groups is 1. The molecular formula is C20H20N2O3S. The Bertz CT molecular complexity index is 847. The lowest BCUT2D eigenvalue weighted by Crippen LogP contribution is -2.30. The monoisotopic (exact) mass is 368 g/mol. The highest BCUT2D eigenvalue weighted by atomic mass is 32.2. The second kappa shape index (κ2) is 7.03. The summed E-state index contributed by atoms with van der Waals surface area (Å²) in [5.41, 5.74) is 2.36. The minimum atomic E-state index is -0.120. The van der Waals surface area contributed by atoms with Gasteiger partial charge in [0.2, 0.25) is 5.91 Å². The maximum Gasteiger partial charge on any atom is 0.251 e. The summed E-state index contributed by atoms with van der Waals surface area (Å²) >= 11 is 1.49. The zero-order chi connectivity index (χ0) is 18.1. The number of nitrogens with one attached hydrogen (secondary N) is 2. The van der Waals surface area contributed by atoms with Gasteiger partial charge < -0.3 is 15.4 Å². The number of ether oxygens (including phenoxy) is 1. The molecule has 6 heteroatoms. The van der Waals surface area contributed by atoms with Crippen LogP contribution in [0, 0.1) is 5.92 Å². The van der Waals surface area contributed by atoms with E-state index in [0.717, 1.165) is 29.1 Å². The summed E-state index contributed by atoms with van der Waals surface area (Å²) in [5.74, 6) is 1.54. The molecule has 2 aromatic carbocycles. The summed E-state index contributed by atoms with van der Waals surface area (Å²) in [6.07, 6.45) is 2.24. The van der Waals surface area contributed by atoms with Crippen LogP contribution in [0.5, 0.6) is 5.75 Å². The molecule has 1 unspecified atom stereocenters. The SMILES string of the molecule is COc1ccc(C(NC(=O)c2ccc3c(c2)NC(=O)CS3)C2CC2)cc1. The number of hydrogen-bond donors (Lipinski definition) is 2. The number of carbonyl (C=O) groups is 2. The van der Waals surface area contributed by atoms with Crippen LogP contribution in [0.4, 0.5) is 5.69 Å². The quantitative estimate of drug-likeness (QED) is 0.846. The lowest BCUT2D eigenvalue weighted by atomic mass is 10.0. The number of amides is 2. The maximum atomic E-state index is 12.8. The molecule has 0 spiro atoms. The Hall–Kier alpha value is -2.47. The van der Waals surface area contributed by atoms with E-state index in [-0.39, 0.29) is 17.9 Å². The summed E-state index contributed by atoms with van der Waals surface area (Å²) < 4.78 is 5.21. The van der Waals surface area contributed by atoms with Gasteiger partial charge in [0.05, 0.1) is 24.6 Å². The molecule has 4 rings (SSSR count). The zero-order valence-corrected chi connectivity index (χ0v) is 15.3. The molecule has 2 aromatic rings. The number of carbonyl (C=O) groups excluding carboxylic acids is 2. The number of benzene rings is 2. The molecule has 1 fully saturated rings. The Morgan fingerprint density at radius 1 is 1.23 bits per heavy atom. The van der Waals surface area contributed by atoms with E-state index in [1.54, 1.807) is 13.2 Å². The van der Waals surface area contributed by atoms with Crippen LogP contribution in [0.15, 0.2) is 47.4 Å². The highest BCUT2D eigenvalue weighted by molar-refractivity contribution is 8.00. The standard InChI is InChI=1S/C20H20N2O3S/c1-25-15-7-4-13(5-8-15)19(12-2-3-12)22-20(24)14-6-9-17-16(10-14)21-18(23)11-26-17/h4-10,12,19H,2-3,11H2,1H3,(H,21,23)(H,22,24). The van der Waals surface area contributed by atoms with E-state index in [4.69, 9.17) is 4.74 Å². The first kappa shape index (κ1) is 17.0. The molecule has 1 aliphatic heterocycles. The maximum absolute atomic E-state index is 12.8. The van der Waals surface area contributed by atoms with E-state index in [9.17, 15) is 9.59 Å². The fraction of sp³-hybridized carbons (Fsp3) is 0.300. The minimum absolute atomic E-state index is 0.00611. The van der Waals surface area contributed by atoms with Gasteiger partial charge in [-0.25, -0.2) is 0 Å². The van der Waals surface area contributed by atoms with Crippen molar-refractivity contribution < 1.29 is 14.3 Å². The van der Waals surface area contributed by atoms with Crippen LogP contribution in [0.2, 0.25) is 0 Å². The second-order valence-corrected chi connectivity index (χ2v) is 7.63. The molecule has 0 radical (unpaired) electrons. The predicted molar refractivity (Wildman–Crippen MR) is 102 cm³/mol. The molecule has 2 N–H and O–H groups in total. The Labute approximate surface area is 156 Å². The lowest BCUT2D eigenvalue weighted by Gasteiger charge is -2.21. The number of hydrogen-bond acceptors (Lipinski definition) is 4. The zero-order valence-electron chi connectivity index (χ0n) is 14.5. The number of fused-ring (bicyclic) bond motifs is 1. The van der Waals surface area contributed by atoms with Gasteiger partial charge in [-0.3, -0.25) is 9.59 Å². The molecule has 1 aliphatic carbocycles. The molecule has 0 bridgehead atoms. The van der Waals surface area contributed by atoms with Crippen molar-refractivity contribution in [1.29, 1.82) is 0 Å². The minimum Gasteiger partial charge on any atom is -0.497 e. The fourth-order valence-corrected chi connectivity index (χ4v) is 3.95. The van der Waals surface area contributed by atoms with Crippen molar-refractivity contribution in [3.8, 4) is 5.75 Å². The van der Waals surface area contributed by atoms with Gasteiger partial charge in [-0.2, -0.15) is 0 Å². The van der Waals surface area contributed by atoms with E-state index in [1.165, 1.54) is 11.8 Å². The van der Waals surface area contributed by atoms with E-state index in [2.05, 4.69) is 10.6 Å². The van der Waals surface area contributed by atoms with Crippen molar-refractivity contribution in [2.45, 2.75) is 23.8 Å². The third-order valence-electron chi connectivity index (χ3n) is 4.73. The first-order valence-electron chi connectivity index (χ1n) is 8.65. The molecule has 1 saturated carbocycles. The van der Waals surface area contributed by atoms with Gasteiger partial charge >= 0.3 is 0 Å². The number of anilines is 1. The van der Waals surface area contributed by atoms with E-state index in [1.807, 2.05) is 36.4 Å². The molecule has 1 heterocycles. The Balaban J connectivity index is 1.53. The van der Waals surface area contributed by atoms with Gasteiger partial charge in [0, 0.05) is 10.5 Å². The number of rotatable bonds is 5. The summed E-state index contributed by atoms with van der Waals surface area (Å²) in [5, 5.41) is 6.00. The summed E-state index contributed by atoms with van der Waals surface area (Å²) in [6, 6.07) is 13.3. The van der Waals surface area contributed by atoms with Gasteiger partial charge in [-0.1, -0.05) is 12.1 Å². The van der Waals surface area contributed by atoms with Crippen LogP contribution in [0.3, 0.4) is 0 Å². The topological polar surface area (TPSA) is 67.4 Å². The third-order valence-corrected chi connectivity index (χ3v) is 5.80. The first-order chi connectivity index (χ1) is 12.6. The van der Waals surface area contributed by atoms with Crippen LogP contribution < -0.4 is 15.4 Å². The van der Waals surface area contributed by atoms with Crippen molar-refractivity contribution >= 4 is 29.3 Å². The van der Waals surface area contributed by atoms with Crippen molar-refractivity contribution in [2.24, 2.45) is 5.92 Å². The normalized spacial score (nSPS) is 17.0. The largest absolute Gasteiger partial charge is 0.497 e. The lowest BCUT2D eigenvalue weighted by molar-refractivity contribution is -0.113. The first-order valence-corrected chi connectivity index (χ1v) is 9.64. The van der Waals surface area contributed by atoms with Gasteiger partial charge in [0.15, 0.2) is 0 Å². The fourth-order valence-electron chi connectivity index (χ4n) is 3.16. The van der Waals surface area contributed by atoms with Crippen molar-refractivity contribution in [2.75, 3.05) is 18.2 Å². The smallest absolute Gasteiger partial charge is 0.251 e. The highest BCUT2D eigenvalue weighted by Gasteiger charge is 2.33. The van der Waals surface area contributed by atoms with E-state index in [0.29, 0.717) is 22.9 Å². The van der Waals surface area contributed by atoms with Crippen molar-refractivity contribution in [3.05, 3.63) is 53.6 Å². The molecule has 0 aromatic heterocycles. The van der Waals surface area contributed by atoms with Gasteiger partial charge in [0.1, 0.15) is 5.75 Å². The Morgan fingerprint density at radius 3 is 2.69 bits per heavy atom. The van der Waals surface area contributed by atoms with Gasteiger partial charge in [-0.05, 0) is 54.7 Å². The Morgan fingerprint density at radius 2 is 2.00 bits per heavy atom. The van der Waals surface area contributed by atoms with Crippen LogP contribution >= 0.6 is 11.8 Å². The van der Waals surface area contributed by atoms with Crippen LogP contribution in [0.25, 0.3) is 0 Å². The molecule has 2 amide bonds. The molecule has 0 saturated heterocycles. The van der Waals surface area contributed by atoms with Crippen LogP contribution in [-0.2, 0) is 4.79 Å². The second-order valence-electron chi connectivity index (χ2n) is 6.61. The summed E-state index contributed by atoms with van der Waals surface area (Å²) in [7, 11) is 1.64. The average Bonchev–Trinajstić information content (AvgIpc) is 3.50. The summed E-state index contributed by atoms with van der Waals surface area (Å²) in [6.45, 7) is 0.